The molecule has 0 bridgehead atoms. The molecule has 0 aliphatic carbocycles. The summed E-state index contributed by atoms with van der Waals surface area (Å²) >= 11 is 0. The van der Waals surface area contributed by atoms with Gasteiger partial charge in [-0.1, -0.05) is 24.3 Å². The molecule has 1 unspecified atom stereocenters. The highest BCUT2D eigenvalue weighted by Crippen LogP contribution is 2.48. The van der Waals surface area contributed by atoms with E-state index in [1.807, 2.05) is 0 Å². The van der Waals surface area contributed by atoms with Crippen molar-refractivity contribution in [2.24, 2.45) is 0 Å². The molecular weight excluding hydrogens is 314 g/mol. The van der Waals surface area contributed by atoms with Crippen molar-refractivity contribution in [3.8, 4) is 11.5 Å². The lowest BCUT2D eigenvalue weighted by atomic mass is 9.90. The first-order valence-electron chi connectivity index (χ1n) is 7.11. The van der Waals surface area contributed by atoms with Gasteiger partial charge in [-0.2, -0.15) is 0 Å². The van der Waals surface area contributed by atoms with Crippen molar-refractivity contribution in [3.05, 3.63) is 35.9 Å². The van der Waals surface area contributed by atoms with Crippen LogP contribution in [0.15, 0.2) is 30.3 Å². The Hall–Kier alpha value is -3.22. The predicted octanol–water partition coefficient (Wildman–Crippen LogP) is 1.77. The fourth-order valence-corrected chi connectivity index (χ4v) is 2.81. The minimum atomic E-state index is -0.997. The summed E-state index contributed by atoms with van der Waals surface area (Å²) in [5.41, 5.74) is 0.533. The molecule has 1 atom stereocenters. The highest BCUT2D eigenvalue weighted by Gasteiger charge is 2.33. The Morgan fingerprint density at radius 3 is 2.33 bits per heavy atom. The number of carbonyl (C=O) groups excluding carboxylic acids is 2. The van der Waals surface area contributed by atoms with Gasteiger partial charge < -0.3 is 25.0 Å². The first kappa shape index (κ1) is 15.7. The van der Waals surface area contributed by atoms with E-state index in [0.717, 1.165) is 0 Å². The third-order valence-corrected chi connectivity index (χ3v) is 3.93. The fraction of sp³-hybridized carbons (Fsp3) is 0.176. The van der Waals surface area contributed by atoms with E-state index < -0.39 is 23.7 Å². The van der Waals surface area contributed by atoms with E-state index in [1.54, 1.807) is 24.3 Å². The van der Waals surface area contributed by atoms with Gasteiger partial charge in [0.05, 0.1) is 25.5 Å². The number of methoxy groups -OCH3 is 2. The van der Waals surface area contributed by atoms with E-state index in [4.69, 9.17) is 4.74 Å². The first-order valence-corrected chi connectivity index (χ1v) is 7.11. The van der Waals surface area contributed by atoms with Gasteiger partial charge in [-0.3, -0.25) is 0 Å². The summed E-state index contributed by atoms with van der Waals surface area (Å²) in [7, 11) is 2.43. The van der Waals surface area contributed by atoms with Gasteiger partial charge in [-0.05, 0) is 11.5 Å². The van der Waals surface area contributed by atoms with Gasteiger partial charge in [-0.25, -0.2) is 9.59 Å². The van der Waals surface area contributed by atoms with Crippen LogP contribution >= 0.6 is 0 Å². The number of nitrogens with one attached hydrogen (secondary N) is 1. The molecule has 124 valence electrons. The van der Waals surface area contributed by atoms with Crippen LogP contribution < -0.4 is 5.32 Å². The van der Waals surface area contributed by atoms with Gasteiger partial charge >= 0.3 is 11.9 Å². The van der Waals surface area contributed by atoms with Crippen LogP contribution in [0.3, 0.4) is 0 Å². The molecule has 0 saturated heterocycles. The zero-order valence-electron chi connectivity index (χ0n) is 13.0. The van der Waals surface area contributed by atoms with E-state index in [-0.39, 0.29) is 17.0 Å². The van der Waals surface area contributed by atoms with Crippen LogP contribution in [0.1, 0.15) is 5.56 Å². The molecule has 1 heterocycles. The number of carbonyl (C=O) groups is 2. The maximum atomic E-state index is 12.2. The molecule has 3 N–H and O–H groups in total. The number of ether oxygens (including phenoxy) is 2. The molecular formula is C17H15NO6. The largest absolute Gasteiger partial charge is 0.504 e. The SMILES string of the molecule is COC(=O)C1=CC(C(=O)OC)Nc2c(O)c(O)c3ccccc3c21. The lowest BCUT2D eigenvalue weighted by Gasteiger charge is -2.26. The number of benzene rings is 2. The molecule has 7 heteroatoms. The first-order chi connectivity index (χ1) is 11.5. The molecule has 0 spiro atoms. The molecule has 3 rings (SSSR count). The second kappa shape index (κ2) is 5.77. The Labute approximate surface area is 137 Å². The summed E-state index contributed by atoms with van der Waals surface area (Å²) in [6.07, 6.45) is 1.38. The second-order valence-electron chi connectivity index (χ2n) is 5.21. The molecule has 2 aromatic carbocycles. The summed E-state index contributed by atoms with van der Waals surface area (Å²) < 4.78 is 9.48. The van der Waals surface area contributed by atoms with E-state index in [1.165, 1.54) is 20.3 Å². The molecule has 7 nitrogen and oxygen atoms in total. The van der Waals surface area contributed by atoms with Crippen molar-refractivity contribution in [1.82, 2.24) is 0 Å². The zero-order valence-corrected chi connectivity index (χ0v) is 13.0. The molecule has 2 aromatic rings. The monoisotopic (exact) mass is 329 g/mol. The number of hydrogen-bond donors (Lipinski definition) is 3. The minimum absolute atomic E-state index is 0.0736. The number of phenols is 2. The van der Waals surface area contributed by atoms with Gasteiger partial charge in [0.1, 0.15) is 6.04 Å². The lowest BCUT2D eigenvalue weighted by Crippen LogP contribution is -2.32. The van der Waals surface area contributed by atoms with Crippen molar-refractivity contribution in [2.75, 3.05) is 19.5 Å². The highest BCUT2D eigenvalue weighted by atomic mass is 16.5. The Bertz CT molecular complexity index is 886. The number of phenolic OH excluding ortho intramolecular Hbond substituents is 2. The van der Waals surface area contributed by atoms with Crippen LogP contribution in [0, 0.1) is 0 Å². The van der Waals surface area contributed by atoms with Crippen molar-refractivity contribution < 1.29 is 29.3 Å². The molecule has 24 heavy (non-hydrogen) atoms. The third kappa shape index (κ3) is 2.21. The Morgan fingerprint density at radius 2 is 1.71 bits per heavy atom. The Morgan fingerprint density at radius 1 is 1.04 bits per heavy atom. The number of fused-ring (bicyclic) bond motifs is 3. The van der Waals surface area contributed by atoms with Gasteiger partial charge in [0.25, 0.3) is 0 Å². The minimum Gasteiger partial charge on any atom is -0.504 e. The zero-order chi connectivity index (χ0) is 17.4. The van der Waals surface area contributed by atoms with E-state index in [2.05, 4.69) is 10.1 Å². The predicted molar refractivity (Wildman–Crippen MR) is 86.7 cm³/mol. The molecule has 0 amide bonds. The van der Waals surface area contributed by atoms with Crippen LogP contribution in [0.25, 0.3) is 16.3 Å². The van der Waals surface area contributed by atoms with E-state index in [0.29, 0.717) is 16.3 Å². The Balaban J connectivity index is 2.36. The summed E-state index contributed by atoms with van der Waals surface area (Å²) in [5.74, 6) is -2.10. The van der Waals surface area contributed by atoms with Crippen LogP contribution in [0.2, 0.25) is 0 Å². The van der Waals surface area contributed by atoms with Crippen molar-refractivity contribution >= 4 is 34.0 Å². The highest BCUT2D eigenvalue weighted by molar-refractivity contribution is 6.25. The summed E-state index contributed by atoms with van der Waals surface area (Å²) in [5, 5.41) is 24.3. The maximum absolute atomic E-state index is 12.2. The smallest absolute Gasteiger partial charge is 0.338 e. The standard InChI is InChI=1S/C17H15NO6/c1-23-16(21)10-7-11(17(22)24-2)18-13-12(10)8-5-3-4-6-9(8)14(19)15(13)20/h3-7,11,18-20H,1-2H3. The van der Waals surface area contributed by atoms with Gasteiger partial charge in [0.2, 0.25) is 0 Å². The maximum Gasteiger partial charge on any atom is 0.338 e. The van der Waals surface area contributed by atoms with Crippen LogP contribution in [-0.4, -0.2) is 42.4 Å². The molecule has 0 saturated carbocycles. The summed E-state index contributed by atoms with van der Waals surface area (Å²) in [6.45, 7) is 0. The van der Waals surface area contributed by atoms with Crippen LogP contribution in [0.5, 0.6) is 11.5 Å². The van der Waals surface area contributed by atoms with E-state index in [9.17, 15) is 19.8 Å². The van der Waals surface area contributed by atoms with Crippen molar-refractivity contribution in [1.29, 1.82) is 0 Å². The summed E-state index contributed by atoms with van der Waals surface area (Å²) in [6, 6.07) is 5.75. The number of hydrogen-bond acceptors (Lipinski definition) is 7. The summed E-state index contributed by atoms with van der Waals surface area (Å²) in [4.78, 5) is 24.1. The topological polar surface area (TPSA) is 105 Å². The quantitative estimate of drug-likeness (QED) is 0.569. The average molecular weight is 329 g/mol. The lowest BCUT2D eigenvalue weighted by molar-refractivity contribution is -0.140. The van der Waals surface area contributed by atoms with E-state index >= 15 is 0 Å². The molecule has 0 radical (unpaired) electrons. The normalized spacial score (nSPS) is 15.9. The second-order valence-corrected chi connectivity index (χ2v) is 5.21. The van der Waals surface area contributed by atoms with Crippen LogP contribution in [-0.2, 0) is 19.1 Å². The number of anilines is 1. The Kier molecular flexibility index (Phi) is 3.76. The number of esters is 2. The average Bonchev–Trinajstić information content (AvgIpc) is 2.63. The number of rotatable bonds is 2. The fourth-order valence-electron chi connectivity index (χ4n) is 2.81. The number of aromatic hydroxyl groups is 2. The van der Waals surface area contributed by atoms with Crippen LogP contribution in [0.4, 0.5) is 5.69 Å². The van der Waals surface area contributed by atoms with Gasteiger partial charge in [-0.15, -0.1) is 0 Å². The molecule has 1 aliphatic rings. The van der Waals surface area contributed by atoms with Gasteiger partial charge in [0.15, 0.2) is 11.5 Å². The van der Waals surface area contributed by atoms with Crippen molar-refractivity contribution in [2.45, 2.75) is 6.04 Å². The van der Waals surface area contributed by atoms with Crippen molar-refractivity contribution in [3.63, 3.8) is 0 Å². The molecule has 1 aliphatic heterocycles. The van der Waals surface area contributed by atoms with Gasteiger partial charge in [0, 0.05) is 10.9 Å². The third-order valence-electron chi connectivity index (χ3n) is 3.93. The molecule has 0 fully saturated rings. The molecule has 0 aromatic heterocycles.